The van der Waals surface area contributed by atoms with E-state index in [1.54, 1.807) is 19.1 Å². The molecule has 0 saturated carbocycles. The lowest BCUT2D eigenvalue weighted by Crippen LogP contribution is -2.28. The quantitative estimate of drug-likeness (QED) is 0.383. The summed E-state index contributed by atoms with van der Waals surface area (Å²) < 4.78 is 35.7. The molecular weight excluding hydrogens is 425 g/mol. The van der Waals surface area contributed by atoms with Crippen LogP contribution in [0.2, 0.25) is 0 Å². The maximum absolute atomic E-state index is 13.6. The summed E-state index contributed by atoms with van der Waals surface area (Å²) in [5.74, 6) is 1.14. The molecular formula is C26H30FNO5. The Hall–Kier alpha value is -3.19. The van der Waals surface area contributed by atoms with E-state index in [4.69, 9.17) is 18.6 Å². The number of benzene rings is 2. The normalized spacial score (nSPS) is 11.9. The number of methoxy groups -OCH3 is 1. The number of rotatable bonds is 10. The molecule has 0 aliphatic rings. The maximum atomic E-state index is 13.6. The average molecular weight is 456 g/mol. The fourth-order valence-electron chi connectivity index (χ4n) is 3.58. The number of oxazole rings is 1. The second-order valence-electron chi connectivity index (χ2n) is 7.73. The summed E-state index contributed by atoms with van der Waals surface area (Å²) in [6.45, 7) is 8.10. The molecule has 0 amide bonds. The number of aryl methyl sites for hydroxylation is 3. The molecule has 0 unspecified atom stereocenters. The molecule has 3 aromatic rings. The summed E-state index contributed by atoms with van der Waals surface area (Å²) in [7, 11) is 1.36. The van der Waals surface area contributed by atoms with E-state index in [-0.39, 0.29) is 18.4 Å². The van der Waals surface area contributed by atoms with Gasteiger partial charge in [-0.3, -0.25) is 0 Å². The standard InChI is InChI=1S/C26H30FNO5/c1-6-18-13-21(10-8-19(18)14-24(31-7-2)26(29)30-5)32-15-23-17(4)33-25(28-23)20-9-11-22(27)16(3)12-20/h8-13,24H,6-7,14-15H2,1-5H3/t24-/m0/s1. The molecule has 0 aliphatic heterocycles. The zero-order valence-electron chi connectivity index (χ0n) is 19.7. The van der Waals surface area contributed by atoms with E-state index >= 15 is 0 Å². The van der Waals surface area contributed by atoms with Crippen molar-refractivity contribution in [1.82, 2.24) is 4.98 Å². The van der Waals surface area contributed by atoms with Gasteiger partial charge in [0.15, 0.2) is 6.10 Å². The van der Waals surface area contributed by atoms with Crippen LogP contribution in [0.15, 0.2) is 40.8 Å². The summed E-state index contributed by atoms with van der Waals surface area (Å²) in [5.41, 5.74) is 4.01. The lowest BCUT2D eigenvalue weighted by atomic mass is 9.99. The first-order chi connectivity index (χ1) is 15.9. The Labute approximate surface area is 193 Å². The van der Waals surface area contributed by atoms with E-state index in [1.165, 1.54) is 13.2 Å². The minimum absolute atomic E-state index is 0.238. The van der Waals surface area contributed by atoms with Crippen molar-refractivity contribution in [3.8, 4) is 17.2 Å². The maximum Gasteiger partial charge on any atom is 0.335 e. The first-order valence-corrected chi connectivity index (χ1v) is 11.0. The zero-order chi connectivity index (χ0) is 24.0. The summed E-state index contributed by atoms with van der Waals surface area (Å²) in [6, 6.07) is 10.6. The summed E-state index contributed by atoms with van der Waals surface area (Å²) in [6.07, 6.45) is 0.583. The van der Waals surface area contributed by atoms with Crippen molar-refractivity contribution in [2.75, 3.05) is 13.7 Å². The van der Waals surface area contributed by atoms with Gasteiger partial charge in [-0.1, -0.05) is 13.0 Å². The van der Waals surface area contributed by atoms with E-state index < -0.39 is 6.10 Å². The van der Waals surface area contributed by atoms with E-state index in [1.807, 2.05) is 32.0 Å². The van der Waals surface area contributed by atoms with Gasteiger partial charge in [0.25, 0.3) is 0 Å². The van der Waals surface area contributed by atoms with Crippen molar-refractivity contribution in [1.29, 1.82) is 0 Å². The number of hydrogen-bond donors (Lipinski definition) is 0. The highest BCUT2D eigenvalue weighted by Crippen LogP contribution is 2.26. The smallest absolute Gasteiger partial charge is 0.335 e. The molecule has 2 aromatic carbocycles. The van der Waals surface area contributed by atoms with Crippen LogP contribution in [0.4, 0.5) is 4.39 Å². The van der Waals surface area contributed by atoms with Gasteiger partial charge in [-0.05, 0) is 74.2 Å². The molecule has 0 spiro atoms. The Balaban J connectivity index is 1.72. The first kappa shape index (κ1) is 24.5. The predicted molar refractivity (Wildman–Crippen MR) is 123 cm³/mol. The third-order valence-corrected chi connectivity index (χ3v) is 5.47. The fourth-order valence-corrected chi connectivity index (χ4v) is 3.58. The molecule has 1 aromatic heterocycles. The molecule has 0 fully saturated rings. The SMILES string of the molecule is CCO[C@@H](Cc1ccc(OCc2nc(-c3ccc(F)c(C)c3)oc2C)cc1CC)C(=O)OC. The Bertz CT molecular complexity index is 1110. The number of halogens is 1. The van der Waals surface area contributed by atoms with Crippen LogP contribution in [-0.2, 0) is 33.7 Å². The molecule has 1 atom stereocenters. The molecule has 7 heteroatoms. The van der Waals surface area contributed by atoms with Gasteiger partial charge in [0, 0.05) is 18.6 Å². The van der Waals surface area contributed by atoms with Gasteiger partial charge in [0.05, 0.1) is 7.11 Å². The van der Waals surface area contributed by atoms with Crippen molar-refractivity contribution in [3.63, 3.8) is 0 Å². The van der Waals surface area contributed by atoms with Gasteiger partial charge in [0.1, 0.15) is 29.6 Å². The van der Waals surface area contributed by atoms with Crippen LogP contribution in [0.1, 0.15) is 42.0 Å². The zero-order valence-corrected chi connectivity index (χ0v) is 19.7. The van der Waals surface area contributed by atoms with E-state index in [2.05, 4.69) is 11.9 Å². The summed E-state index contributed by atoms with van der Waals surface area (Å²) >= 11 is 0. The van der Waals surface area contributed by atoms with Gasteiger partial charge in [-0.25, -0.2) is 14.2 Å². The molecule has 0 N–H and O–H groups in total. The van der Waals surface area contributed by atoms with Gasteiger partial charge >= 0.3 is 5.97 Å². The number of esters is 1. The average Bonchev–Trinajstić information content (AvgIpc) is 3.19. The minimum Gasteiger partial charge on any atom is -0.487 e. The van der Waals surface area contributed by atoms with Gasteiger partial charge in [-0.15, -0.1) is 0 Å². The largest absolute Gasteiger partial charge is 0.487 e. The van der Waals surface area contributed by atoms with Crippen LogP contribution in [0, 0.1) is 19.7 Å². The van der Waals surface area contributed by atoms with Gasteiger partial charge in [-0.2, -0.15) is 0 Å². The van der Waals surface area contributed by atoms with Crippen LogP contribution >= 0.6 is 0 Å². The molecule has 3 rings (SSSR count). The van der Waals surface area contributed by atoms with Crippen LogP contribution in [0.3, 0.4) is 0 Å². The van der Waals surface area contributed by atoms with Crippen LogP contribution in [-0.4, -0.2) is 30.8 Å². The number of carbonyl (C=O) groups is 1. The number of nitrogens with zero attached hydrogens (tertiary/aromatic N) is 1. The number of aromatic nitrogens is 1. The van der Waals surface area contributed by atoms with Crippen LogP contribution in [0.25, 0.3) is 11.5 Å². The molecule has 0 aliphatic carbocycles. The van der Waals surface area contributed by atoms with Crippen molar-refractivity contribution in [2.24, 2.45) is 0 Å². The monoisotopic (exact) mass is 455 g/mol. The Morgan fingerprint density at radius 2 is 1.91 bits per heavy atom. The third kappa shape index (κ3) is 5.99. The highest BCUT2D eigenvalue weighted by Gasteiger charge is 2.21. The lowest BCUT2D eigenvalue weighted by Gasteiger charge is -2.17. The van der Waals surface area contributed by atoms with Crippen molar-refractivity contribution in [3.05, 3.63) is 70.4 Å². The van der Waals surface area contributed by atoms with Crippen molar-refractivity contribution >= 4 is 5.97 Å². The Morgan fingerprint density at radius 1 is 1.12 bits per heavy atom. The molecule has 33 heavy (non-hydrogen) atoms. The Kier molecular flexibility index (Phi) is 8.22. The van der Waals surface area contributed by atoms with E-state index in [9.17, 15) is 9.18 Å². The van der Waals surface area contributed by atoms with Crippen molar-refractivity contribution in [2.45, 2.75) is 53.2 Å². The van der Waals surface area contributed by atoms with E-state index in [0.717, 1.165) is 23.1 Å². The second kappa shape index (κ2) is 11.1. The number of hydrogen-bond acceptors (Lipinski definition) is 6. The number of ether oxygens (including phenoxy) is 3. The van der Waals surface area contributed by atoms with Gasteiger partial charge < -0.3 is 18.6 Å². The molecule has 0 radical (unpaired) electrons. The first-order valence-electron chi connectivity index (χ1n) is 11.0. The van der Waals surface area contributed by atoms with Crippen LogP contribution < -0.4 is 4.74 Å². The number of carbonyl (C=O) groups excluding carboxylic acids is 1. The highest BCUT2D eigenvalue weighted by molar-refractivity contribution is 5.75. The van der Waals surface area contributed by atoms with Crippen LogP contribution in [0.5, 0.6) is 5.75 Å². The fraction of sp³-hybridized carbons (Fsp3) is 0.385. The Morgan fingerprint density at radius 3 is 2.58 bits per heavy atom. The minimum atomic E-state index is -0.636. The lowest BCUT2D eigenvalue weighted by molar-refractivity contribution is -0.153. The van der Waals surface area contributed by atoms with Crippen molar-refractivity contribution < 1.29 is 27.8 Å². The second-order valence-corrected chi connectivity index (χ2v) is 7.73. The molecule has 176 valence electrons. The summed E-state index contributed by atoms with van der Waals surface area (Å²) in [5, 5.41) is 0. The molecule has 0 saturated heterocycles. The van der Waals surface area contributed by atoms with Gasteiger partial charge in [0.2, 0.25) is 5.89 Å². The molecule has 0 bridgehead atoms. The third-order valence-electron chi connectivity index (χ3n) is 5.47. The predicted octanol–water partition coefficient (Wildman–Crippen LogP) is 5.36. The summed E-state index contributed by atoms with van der Waals surface area (Å²) in [4.78, 5) is 16.5. The molecule has 1 heterocycles. The molecule has 6 nitrogen and oxygen atoms in total. The highest BCUT2D eigenvalue weighted by atomic mass is 19.1. The topological polar surface area (TPSA) is 70.8 Å². The van der Waals surface area contributed by atoms with E-state index in [0.29, 0.717) is 41.7 Å².